The second-order valence-corrected chi connectivity index (χ2v) is 12.2. The molecule has 2 aliphatic heterocycles. The van der Waals surface area contributed by atoms with Gasteiger partial charge in [0.15, 0.2) is 0 Å². The van der Waals surface area contributed by atoms with Gasteiger partial charge in [-0.15, -0.1) is 0 Å². The van der Waals surface area contributed by atoms with Crippen LogP contribution >= 0.6 is 0 Å². The smallest absolute Gasteiger partial charge is 0.409 e. The van der Waals surface area contributed by atoms with E-state index in [1.165, 1.54) is 18.2 Å². The van der Waals surface area contributed by atoms with Crippen molar-refractivity contribution in [1.29, 1.82) is 0 Å². The Morgan fingerprint density at radius 2 is 1.58 bits per heavy atom. The highest BCUT2D eigenvalue weighted by Gasteiger charge is 2.31. The summed E-state index contributed by atoms with van der Waals surface area (Å²) in [6.45, 7) is 15.2. The van der Waals surface area contributed by atoms with Crippen molar-refractivity contribution in [2.24, 2.45) is 0 Å². The molecule has 1 unspecified atom stereocenters. The quantitative estimate of drug-likeness (QED) is 0.264. The maximum atomic E-state index is 12.6. The van der Waals surface area contributed by atoms with Gasteiger partial charge < -0.3 is 24.3 Å². The van der Waals surface area contributed by atoms with E-state index in [1.54, 1.807) is 11.9 Å². The number of carbonyl (C=O) groups is 2. The van der Waals surface area contributed by atoms with Crippen LogP contribution in [0.25, 0.3) is 33.7 Å². The van der Waals surface area contributed by atoms with Gasteiger partial charge in [-0.05, 0) is 99.6 Å². The summed E-state index contributed by atoms with van der Waals surface area (Å²) in [6, 6.07) is 6.40. The Kier molecular flexibility index (Phi) is 9.18. The van der Waals surface area contributed by atoms with Crippen LogP contribution in [0.5, 0.6) is 0 Å². The number of methoxy groups -OCH3 is 1. The zero-order chi connectivity index (χ0) is 32.6. The first kappa shape index (κ1) is 32.0. The van der Waals surface area contributed by atoms with Crippen molar-refractivity contribution in [3.63, 3.8) is 0 Å². The molecule has 0 saturated heterocycles. The van der Waals surface area contributed by atoms with Gasteiger partial charge in [0, 0.05) is 64.3 Å². The average molecular weight is 612 g/mol. The number of carbonyl (C=O) groups excluding carboxylic acids is 2. The number of ether oxygens (including phenoxy) is 2. The van der Waals surface area contributed by atoms with Crippen molar-refractivity contribution in [3.05, 3.63) is 68.8 Å². The number of amides is 1. The molecule has 0 aromatic carbocycles. The molecule has 0 fully saturated rings. The van der Waals surface area contributed by atoms with Gasteiger partial charge >= 0.3 is 12.1 Å². The zero-order valence-corrected chi connectivity index (χ0v) is 28.0. The van der Waals surface area contributed by atoms with Gasteiger partial charge in [-0.1, -0.05) is 13.8 Å². The van der Waals surface area contributed by atoms with E-state index in [4.69, 9.17) is 19.4 Å². The lowest BCUT2D eigenvalue weighted by Gasteiger charge is -2.17. The van der Waals surface area contributed by atoms with Crippen molar-refractivity contribution in [2.75, 3.05) is 20.8 Å². The van der Waals surface area contributed by atoms with Crippen molar-refractivity contribution in [1.82, 2.24) is 24.8 Å². The molecule has 8 bridgehead atoms. The van der Waals surface area contributed by atoms with E-state index in [-0.39, 0.29) is 23.9 Å². The van der Waals surface area contributed by atoms with E-state index < -0.39 is 0 Å². The molecule has 2 aliphatic rings. The molecule has 2 atom stereocenters. The number of allylic oxidation sites excluding steroid dienone is 1. The van der Waals surface area contributed by atoms with Crippen molar-refractivity contribution >= 4 is 45.8 Å². The van der Waals surface area contributed by atoms with Gasteiger partial charge in [-0.3, -0.25) is 9.78 Å². The highest BCUT2D eigenvalue weighted by molar-refractivity contribution is 5.85. The molecule has 2 N–H and O–H groups in total. The number of nitrogens with one attached hydrogen (secondary N) is 2. The Bertz CT molecular complexity index is 1850. The Hall–Kier alpha value is -4.40. The molecule has 9 heteroatoms. The van der Waals surface area contributed by atoms with Crippen LogP contribution < -0.4 is 0 Å². The summed E-state index contributed by atoms with van der Waals surface area (Å²) in [6.07, 6.45) is 3.58. The zero-order valence-electron chi connectivity index (χ0n) is 28.0. The molecule has 0 saturated carbocycles. The predicted molar refractivity (Wildman–Crippen MR) is 179 cm³/mol. The predicted octanol–water partition coefficient (Wildman–Crippen LogP) is 7.79. The van der Waals surface area contributed by atoms with Crippen LogP contribution in [0.4, 0.5) is 4.79 Å². The molecule has 3 aromatic rings. The van der Waals surface area contributed by atoms with Crippen LogP contribution in [-0.2, 0) is 27.2 Å². The normalized spacial score (nSPS) is 16.0. The summed E-state index contributed by atoms with van der Waals surface area (Å²) in [5.74, 6) is -0.124. The molecule has 1 amide bonds. The van der Waals surface area contributed by atoms with Crippen molar-refractivity contribution < 1.29 is 19.1 Å². The summed E-state index contributed by atoms with van der Waals surface area (Å²) >= 11 is 0. The topological polar surface area (TPSA) is 113 Å². The monoisotopic (exact) mass is 611 g/mol. The van der Waals surface area contributed by atoms with E-state index in [1.807, 2.05) is 6.92 Å². The summed E-state index contributed by atoms with van der Waals surface area (Å²) in [4.78, 5) is 44.1. The van der Waals surface area contributed by atoms with Crippen LogP contribution in [0.3, 0.4) is 0 Å². The Morgan fingerprint density at radius 3 is 2.24 bits per heavy atom. The van der Waals surface area contributed by atoms with Gasteiger partial charge in [0.25, 0.3) is 0 Å². The van der Waals surface area contributed by atoms with E-state index in [2.05, 4.69) is 75.8 Å². The first-order valence-corrected chi connectivity index (χ1v) is 15.8. The first-order chi connectivity index (χ1) is 21.5. The van der Waals surface area contributed by atoms with E-state index in [0.717, 1.165) is 73.5 Å². The highest BCUT2D eigenvalue weighted by atomic mass is 16.6. The third-order valence-corrected chi connectivity index (χ3v) is 9.42. The number of nitrogens with zero attached hydrogens (tertiary/aromatic N) is 3. The Morgan fingerprint density at radius 1 is 0.911 bits per heavy atom. The van der Waals surface area contributed by atoms with Crippen LogP contribution in [0.15, 0.2) is 18.2 Å². The largest absolute Gasteiger partial charge is 0.469 e. The number of fused-ring (bicyclic) bond motifs is 8. The van der Waals surface area contributed by atoms with Gasteiger partial charge in [-0.2, -0.15) is 0 Å². The van der Waals surface area contributed by atoms with Crippen LogP contribution in [0, 0.1) is 20.8 Å². The SMILES string of the molecule is CCOC(=O)N(C)Cc1c(C)c2cc3nc(c(C)c4nc(cc5[nH]c(cc1[nH]2)c(C)c5CC)C(C)=C4)[C@@H](CCC(=O)OC)C3C. The number of esters is 1. The minimum Gasteiger partial charge on any atom is -0.469 e. The lowest BCUT2D eigenvalue weighted by atomic mass is 9.86. The van der Waals surface area contributed by atoms with Gasteiger partial charge in [0.1, 0.15) is 0 Å². The van der Waals surface area contributed by atoms with E-state index in [9.17, 15) is 9.59 Å². The number of hydrogen-bond donors (Lipinski definition) is 2. The maximum absolute atomic E-state index is 12.6. The number of H-pyrrole nitrogens is 2. The number of aromatic nitrogens is 4. The Balaban J connectivity index is 1.85. The van der Waals surface area contributed by atoms with E-state index in [0.29, 0.717) is 26.0 Å². The molecule has 0 spiro atoms. The summed E-state index contributed by atoms with van der Waals surface area (Å²) < 4.78 is 10.3. The molecule has 5 rings (SSSR count). The average Bonchev–Trinajstić information content (AvgIpc) is 3.71. The van der Waals surface area contributed by atoms with Crippen LogP contribution in [-0.4, -0.2) is 57.7 Å². The second kappa shape index (κ2) is 12.9. The van der Waals surface area contributed by atoms with Crippen molar-refractivity contribution in [2.45, 2.75) is 86.1 Å². The molecule has 9 nitrogen and oxygen atoms in total. The summed E-state index contributed by atoms with van der Waals surface area (Å²) in [5.41, 5.74) is 14.2. The molecule has 3 aromatic heterocycles. The summed E-state index contributed by atoms with van der Waals surface area (Å²) in [5, 5.41) is 0. The third-order valence-electron chi connectivity index (χ3n) is 9.42. The number of aromatic amines is 2. The van der Waals surface area contributed by atoms with Gasteiger partial charge in [0.05, 0.1) is 31.6 Å². The highest BCUT2D eigenvalue weighted by Crippen LogP contribution is 2.42. The molecule has 238 valence electrons. The fourth-order valence-electron chi connectivity index (χ4n) is 6.57. The number of aryl methyl sites for hydroxylation is 3. The fourth-order valence-corrected chi connectivity index (χ4v) is 6.57. The molecule has 0 radical (unpaired) electrons. The second-order valence-electron chi connectivity index (χ2n) is 12.2. The number of hydrogen-bond acceptors (Lipinski definition) is 6. The maximum Gasteiger partial charge on any atom is 0.409 e. The van der Waals surface area contributed by atoms with Crippen LogP contribution in [0.1, 0.15) is 103 Å². The molecular formula is C36H45N5O4. The molecule has 45 heavy (non-hydrogen) atoms. The van der Waals surface area contributed by atoms with Crippen molar-refractivity contribution in [3.8, 4) is 0 Å². The minimum atomic E-state index is -0.363. The van der Waals surface area contributed by atoms with Gasteiger partial charge in [-0.25, -0.2) is 9.78 Å². The lowest BCUT2D eigenvalue weighted by Crippen LogP contribution is -2.27. The minimum absolute atomic E-state index is 0.0334. The Labute approximate surface area is 265 Å². The molecular weight excluding hydrogens is 566 g/mol. The third kappa shape index (κ3) is 6.13. The summed E-state index contributed by atoms with van der Waals surface area (Å²) in [7, 11) is 3.19. The molecule has 5 heterocycles. The van der Waals surface area contributed by atoms with E-state index >= 15 is 0 Å². The first-order valence-electron chi connectivity index (χ1n) is 15.8. The lowest BCUT2D eigenvalue weighted by molar-refractivity contribution is -0.140. The molecule has 0 aliphatic carbocycles. The fraction of sp³-hybridized carbons (Fsp3) is 0.444. The standard InChI is InChI=1S/C36H45N5O4/c1-10-24-20(4)30-17-33-26(18-41(8)36(43)45-11-2)22(6)29(39-33)16-31-21(5)25(12-13-34(42)44-9)35(40-31)23(7)28-14-19(3)27(37-28)15-32(24)38-30/h14-17,21,25,38-39H,10-13,18H2,1-9H3/t21?,25-/m0/s1. The number of rotatable bonds is 7. The van der Waals surface area contributed by atoms with Gasteiger partial charge in [0.2, 0.25) is 0 Å². The van der Waals surface area contributed by atoms with Crippen LogP contribution in [0.2, 0.25) is 0 Å².